The Morgan fingerprint density at radius 1 is 1.26 bits per heavy atom. The number of fused-ring (bicyclic) bond motifs is 1. The Balaban J connectivity index is 1.32. The number of methoxy groups -OCH3 is 1. The topological polar surface area (TPSA) is 102 Å². The van der Waals surface area contributed by atoms with Crippen molar-refractivity contribution in [3.63, 3.8) is 0 Å². The Morgan fingerprint density at radius 3 is 2.77 bits per heavy atom. The molecule has 1 aromatic carbocycles. The van der Waals surface area contributed by atoms with E-state index >= 15 is 0 Å². The molecule has 3 atom stereocenters. The van der Waals surface area contributed by atoms with Gasteiger partial charge in [-0.15, -0.1) is 0 Å². The van der Waals surface area contributed by atoms with Crippen molar-refractivity contribution in [3.8, 4) is 5.75 Å². The van der Waals surface area contributed by atoms with Crippen molar-refractivity contribution in [2.45, 2.75) is 29.8 Å². The van der Waals surface area contributed by atoms with E-state index < -0.39 is 20.9 Å². The zero-order chi connectivity index (χ0) is 21.6. The van der Waals surface area contributed by atoms with Crippen LogP contribution in [0.5, 0.6) is 5.75 Å². The van der Waals surface area contributed by atoms with Crippen molar-refractivity contribution < 1.29 is 22.7 Å². The second-order valence-corrected chi connectivity index (χ2v) is 10.4. The van der Waals surface area contributed by atoms with Crippen LogP contribution in [0.2, 0.25) is 0 Å². The number of carbonyl (C=O) groups excluding carboxylic acids is 1. The summed E-state index contributed by atoms with van der Waals surface area (Å²) in [5, 5.41) is -0.625. The van der Waals surface area contributed by atoms with Gasteiger partial charge in [0.25, 0.3) is 5.91 Å². The summed E-state index contributed by atoms with van der Waals surface area (Å²) in [6.45, 7) is 1.24. The summed E-state index contributed by atoms with van der Waals surface area (Å²) in [4.78, 5) is 22.6. The lowest BCUT2D eigenvalue weighted by molar-refractivity contribution is -0.0977. The molecule has 0 saturated carbocycles. The number of morpholine rings is 1. The third-order valence-corrected chi connectivity index (χ3v) is 8.76. The number of aromatic nitrogens is 2. The maximum absolute atomic E-state index is 13.3. The lowest BCUT2D eigenvalue weighted by Gasteiger charge is -2.39. The molecule has 5 rings (SSSR count). The Morgan fingerprint density at radius 2 is 2.06 bits per heavy atom. The number of hydrogen-bond acceptors (Lipinski definition) is 7. The zero-order valence-electron chi connectivity index (χ0n) is 17.2. The van der Waals surface area contributed by atoms with E-state index in [0.29, 0.717) is 25.9 Å². The molecule has 2 bridgehead atoms. The molecule has 1 aromatic heterocycles. The molecule has 164 valence electrons. The van der Waals surface area contributed by atoms with Gasteiger partial charge in [0.2, 0.25) is 10.0 Å². The quantitative estimate of drug-likeness (QED) is 0.670. The summed E-state index contributed by atoms with van der Waals surface area (Å²) < 4.78 is 39.5. The molecule has 1 spiro atoms. The van der Waals surface area contributed by atoms with Crippen molar-refractivity contribution in [2.75, 3.05) is 33.3 Å². The van der Waals surface area contributed by atoms with E-state index in [4.69, 9.17) is 9.47 Å². The van der Waals surface area contributed by atoms with Gasteiger partial charge in [-0.2, -0.15) is 4.31 Å². The van der Waals surface area contributed by atoms with E-state index in [1.165, 1.54) is 22.9 Å². The molecular formula is C21H24N4O5S. The van der Waals surface area contributed by atoms with Gasteiger partial charge >= 0.3 is 0 Å². The lowest BCUT2D eigenvalue weighted by atomic mass is 9.99. The van der Waals surface area contributed by atoms with Crippen LogP contribution < -0.4 is 4.74 Å². The number of carbonyl (C=O) groups is 1. The Kier molecular flexibility index (Phi) is 4.95. The van der Waals surface area contributed by atoms with Gasteiger partial charge in [0, 0.05) is 32.0 Å². The summed E-state index contributed by atoms with van der Waals surface area (Å²) in [7, 11) is -1.90. The van der Waals surface area contributed by atoms with Crippen molar-refractivity contribution in [1.82, 2.24) is 19.2 Å². The van der Waals surface area contributed by atoms with E-state index in [-0.39, 0.29) is 30.8 Å². The largest absolute Gasteiger partial charge is 0.497 e. The fourth-order valence-corrected chi connectivity index (χ4v) is 7.23. The van der Waals surface area contributed by atoms with Crippen LogP contribution in [0.15, 0.2) is 42.9 Å². The van der Waals surface area contributed by atoms with E-state index in [9.17, 15) is 13.2 Å². The first-order chi connectivity index (χ1) is 14.9. The first-order valence-electron chi connectivity index (χ1n) is 10.3. The molecule has 3 saturated heterocycles. The molecule has 0 radical (unpaired) electrons. The molecule has 1 amide bonds. The SMILES string of the molecule is COc1ccc(CCN2C[C@@]34CN(C(=O)c5cnccn5)C[C@@H](C[C@@H]3S2(=O)=O)O4)cc1. The average molecular weight is 445 g/mol. The van der Waals surface area contributed by atoms with Crippen molar-refractivity contribution >= 4 is 15.9 Å². The maximum atomic E-state index is 13.3. The van der Waals surface area contributed by atoms with Gasteiger partial charge in [-0.1, -0.05) is 12.1 Å². The third-order valence-electron chi connectivity index (χ3n) is 6.39. The summed E-state index contributed by atoms with van der Waals surface area (Å²) in [6, 6.07) is 7.61. The van der Waals surface area contributed by atoms with Gasteiger partial charge in [-0.05, 0) is 30.5 Å². The van der Waals surface area contributed by atoms with Crippen molar-refractivity contribution in [1.29, 1.82) is 0 Å². The minimum absolute atomic E-state index is 0.238. The molecule has 0 N–H and O–H groups in total. The number of likely N-dealkylation sites (tertiary alicyclic amines) is 1. The summed E-state index contributed by atoms with van der Waals surface area (Å²) in [6.07, 6.45) is 5.14. The minimum Gasteiger partial charge on any atom is -0.497 e. The van der Waals surface area contributed by atoms with Crippen LogP contribution in [0.3, 0.4) is 0 Å². The first kappa shape index (κ1) is 20.3. The van der Waals surface area contributed by atoms with E-state index in [0.717, 1.165) is 11.3 Å². The molecule has 0 aliphatic carbocycles. The van der Waals surface area contributed by atoms with Crippen LogP contribution >= 0.6 is 0 Å². The molecular weight excluding hydrogens is 420 g/mol. The summed E-state index contributed by atoms with van der Waals surface area (Å²) in [5.74, 6) is 0.524. The highest BCUT2D eigenvalue weighted by molar-refractivity contribution is 7.90. The number of ether oxygens (including phenoxy) is 2. The van der Waals surface area contributed by atoms with Crippen LogP contribution in [-0.4, -0.2) is 83.7 Å². The zero-order valence-corrected chi connectivity index (χ0v) is 18.0. The summed E-state index contributed by atoms with van der Waals surface area (Å²) >= 11 is 0. The smallest absolute Gasteiger partial charge is 0.274 e. The molecule has 31 heavy (non-hydrogen) atoms. The predicted molar refractivity (Wildman–Crippen MR) is 111 cm³/mol. The molecule has 4 heterocycles. The number of amides is 1. The van der Waals surface area contributed by atoms with Crippen LogP contribution in [-0.2, 0) is 21.2 Å². The molecule has 9 nitrogen and oxygen atoms in total. The third kappa shape index (κ3) is 3.48. The second-order valence-electron chi connectivity index (χ2n) is 8.28. The number of benzene rings is 1. The monoisotopic (exact) mass is 444 g/mol. The van der Waals surface area contributed by atoms with Crippen molar-refractivity contribution in [3.05, 3.63) is 54.1 Å². The average Bonchev–Trinajstić information content (AvgIpc) is 3.17. The molecule has 3 aliphatic heterocycles. The fourth-order valence-electron chi connectivity index (χ4n) is 4.92. The van der Waals surface area contributed by atoms with Gasteiger partial charge in [0.05, 0.1) is 26.0 Å². The van der Waals surface area contributed by atoms with E-state index in [1.807, 2.05) is 24.3 Å². The van der Waals surface area contributed by atoms with Gasteiger partial charge < -0.3 is 14.4 Å². The Labute approximate surface area is 181 Å². The molecule has 3 fully saturated rings. The predicted octanol–water partition coefficient (Wildman–Crippen LogP) is 0.725. The van der Waals surface area contributed by atoms with Gasteiger partial charge in [0.15, 0.2) is 0 Å². The van der Waals surface area contributed by atoms with Crippen LogP contribution in [0, 0.1) is 0 Å². The van der Waals surface area contributed by atoms with Gasteiger partial charge in [-0.3, -0.25) is 9.78 Å². The Bertz CT molecular complexity index is 1080. The Hall–Kier alpha value is -2.56. The second kappa shape index (κ2) is 7.54. The number of sulfonamides is 1. The molecule has 2 aromatic rings. The first-order valence-corrected chi connectivity index (χ1v) is 11.8. The van der Waals surface area contributed by atoms with Crippen LogP contribution in [0.1, 0.15) is 22.5 Å². The molecule has 10 heteroatoms. The number of hydrogen-bond donors (Lipinski definition) is 0. The molecule has 3 aliphatic rings. The van der Waals surface area contributed by atoms with E-state index in [2.05, 4.69) is 9.97 Å². The molecule has 0 unspecified atom stereocenters. The number of rotatable bonds is 5. The fraction of sp³-hybridized carbons (Fsp3) is 0.476. The van der Waals surface area contributed by atoms with E-state index in [1.54, 1.807) is 12.0 Å². The van der Waals surface area contributed by atoms with Crippen LogP contribution in [0.25, 0.3) is 0 Å². The maximum Gasteiger partial charge on any atom is 0.274 e. The highest BCUT2D eigenvalue weighted by Gasteiger charge is 2.65. The highest BCUT2D eigenvalue weighted by atomic mass is 32.2. The standard InChI is InChI=1S/C21H24N4O5S/c1-29-16-4-2-15(3-5-16)6-9-25-14-21-13-24(20(26)18-11-22-7-8-23-18)12-17(30-21)10-19(21)31(25,27)28/h2-5,7-8,11,17,19H,6,9-10,12-14H2,1H3/t17-,19+,21+/m1/s1. The number of nitrogens with zero attached hydrogens (tertiary/aromatic N) is 4. The normalized spacial score (nSPS) is 29.0. The minimum atomic E-state index is -3.51. The summed E-state index contributed by atoms with van der Waals surface area (Å²) in [5.41, 5.74) is 0.404. The highest BCUT2D eigenvalue weighted by Crippen LogP contribution is 2.46. The lowest BCUT2D eigenvalue weighted by Crippen LogP contribution is -2.56. The van der Waals surface area contributed by atoms with Gasteiger partial charge in [0.1, 0.15) is 22.3 Å². The van der Waals surface area contributed by atoms with Crippen LogP contribution in [0.4, 0.5) is 0 Å². The van der Waals surface area contributed by atoms with Gasteiger partial charge in [-0.25, -0.2) is 13.4 Å². The van der Waals surface area contributed by atoms with Crippen molar-refractivity contribution in [2.24, 2.45) is 0 Å².